The van der Waals surface area contributed by atoms with Crippen molar-refractivity contribution in [1.29, 1.82) is 0 Å². The average Bonchev–Trinajstić information content (AvgIpc) is 2.67. The van der Waals surface area contributed by atoms with Gasteiger partial charge in [0.25, 0.3) is 0 Å². The molecule has 1 saturated heterocycles. The third kappa shape index (κ3) is 4.75. The van der Waals surface area contributed by atoms with E-state index in [1.54, 1.807) is 13.2 Å². The summed E-state index contributed by atoms with van der Waals surface area (Å²) in [6.07, 6.45) is -3.68. The van der Waals surface area contributed by atoms with E-state index < -0.39 is 11.7 Å². The van der Waals surface area contributed by atoms with Gasteiger partial charge in [0.05, 0.1) is 18.4 Å². The highest BCUT2D eigenvalue weighted by Crippen LogP contribution is 2.31. The highest BCUT2D eigenvalue weighted by molar-refractivity contribution is 5.58. The van der Waals surface area contributed by atoms with E-state index >= 15 is 0 Å². The van der Waals surface area contributed by atoms with Crippen molar-refractivity contribution in [2.75, 3.05) is 38.2 Å². The van der Waals surface area contributed by atoms with Crippen molar-refractivity contribution in [2.45, 2.75) is 25.6 Å². The third-order valence-electron chi connectivity index (χ3n) is 5.15. The summed E-state index contributed by atoms with van der Waals surface area (Å²) in [5.41, 5.74) is 1.24. The van der Waals surface area contributed by atoms with Crippen molar-refractivity contribution in [2.24, 2.45) is 0 Å². The van der Waals surface area contributed by atoms with Gasteiger partial charge in [-0.15, -0.1) is 0 Å². The molecule has 1 atom stereocenters. The van der Waals surface area contributed by atoms with Crippen LogP contribution in [0.2, 0.25) is 0 Å². The molecule has 0 spiro atoms. The molecule has 1 aliphatic rings. The van der Waals surface area contributed by atoms with E-state index in [1.807, 2.05) is 18.2 Å². The zero-order valence-electron chi connectivity index (χ0n) is 15.7. The molecule has 3 nitrogen and oxygen atoms in total. The quantitative estimate of drug-likeness (QED) is 0.764. The number of piperazine rings is 1. The fraction of sp³-hybridized carbons (Fsp3) is 0.429. The fourth-order valence-corrected chi connectivity index (χ4v) is 3.64. The molecule has 3 rings (SSSR count). The van der Waals surface area contributed by atoms with Gasteiger partial charge in [0.15, 0.2) is 0 Å². The summed E-state index contributed by atoms with van der Waals surface area (Å²) in [6.45, 7) is 5.57. The molecule has 0 amide bonds. The van der Waals surface area contributed by atoms with Crippen LogP contribution in [0.15, 0.2) is 48.5 Å². The van der Waals surface area contributed by atoms with E-state index in [0.29, 0.717) is 6.42 Å². The Hall–Kier alpha value is -2.21. The zero-order chi connectivity index (χ0) is 19.4. The Morgan fingerprint density at radius 1 is 1.00 bits per heavy atom. The molecule has 0 bridgehead atoms. The number of halogens is 3. The number of para-hydroxylation sites is 2. The predicted octanol–water partition coefficient (Wildman–Crippen LogP) is 4.47. The van der Waals surface area contributed by atoms with Crippen molar-refractivity contribution >= 4 is 5.69 Å². The van der Waals surface area contributed by atoms with Crippen LogP contribution in [-0.2, 0) is 12.6 Å². The monoisotopic (exact) mass is 378 g/mol. The van der Waals surface area contributed by atoms with Crippen LogP contribution >= 0.6 is 0 Å². The van der Waals surface area contributed by atoms with Crippen molar-refractivity contribution in [1.82, 2.24) is 4.90 Å². The summed E-state index contributed by atoms with van der Waals surface area (Å²) in [5, 5.41) is 0. The molecule has 2 aromatic rings. The maximum Gasteiger partial charge on any atom is 0.416 e. The van der Waals surface area contributed by atoms with Gasteiger partial charge >= 0.3 is 6.18 Å². The Kier molecular flexibility index (Phi) is 5.95. The van der Waals surface area contributed by atoms with Gasteiger partial charge in [-0.05, 0) is 37.1 Å². The third-order valence-corrected chi connectivity index (χ3v) is 5.15. The van der Waals surface area contributed by atoms with Gasteiger partial charge in [0.1, 0.15) is 5.75 Å². The number of hydrogen-bond acceptors (Lipinski definition) is 3. The number of benzene rings is 2. The molecule has 146 valence electrons. The zero-order valence-corrected chi connectivity index (χ0v) is 15.7. The van der Waals surface area contributed by atoms with Gasteiger partial charge in [0.2, 0.25) is 0 Å². The second kappa shape index (κ2) is 8.21. The molecule has 0 N–H and O–H groups in total. The Bertz CT molecular complexity index is 755. The van der Waals surface area contributed by atoms with Gasteiger partial charge in [-0.3, -0.25) is 4.90 Å². The van der Waals surface area contributed by atoms with Gasteiger partial charge in [-0.2, -0.15) is 13.2 Å². The van der Waals surface area contributed by atoms with Gasteiger partial charge in [0, 0.05) is 32.2 Å². The van der Waals surface area contributed by atoms with E-state index in [9.17, 15) is 13.2 Å². The standard InChI is InChI=1S/C21H25F3N2O/c1-16(14-17-6-5-7-18(15-17)21(22,23)24)25-10-12-26(13-11-25)19-8-3-4-9-20(19)27-2/h3-9,15-16H,10-14H2,1-2H3/t16-/m1/s1. The SMILES string of the molecule is COc1ccccc1N1CCN([C@H](C)Cc2cccc(C(F)(F)F)c2)CC1. The molecule has 6 heteroatoms. The highest BCUT2D eigenvalue weighted by Gasteiger charge is 2.30. The van der Waals surface area contributed by atoms with Crippen molar-refractivity contribution in [3.63, 3.8) is 0 Å². The summed E-state index contributed by atoms with van der Waals surface area (Å²) in [4.78, 5) is 4.64. The Labute approximate surface area is 158 Å². The highest BCUT2D eigenvalue weighted by atomic mass is 19.4. The Balaban J connectivity index is 1.60. The molecular formula is C21H25F3N2O. The lowest BCUT2D eigenvalue weighted by molar-refractivity contribution is -0.137. The van der Waals surface area contributed by atoms with Gasteiger partial charge < -0.3 is 9.64 Å². The number of hydrogen-bond donors (Lipinski definition) is 0. The molecule has 1 fully saturated rings. The predicted molar refractivity (Wildman–Crippen MR) is 101 cm³/mol. The first-order chi connectivity index (χ1) is 12.9. The van der Waals surface area contributed by atoms with Crippen molar-refractivity contribution in [3.05, 3.63) is 59.7 Å². The maximum atomic E-state index is 12.9. The van der Waals surface area contributed by atoms with Crippen LogP contribution in [0.25, 0.3) is 0 Å². The molecule has 0 saturated carbocycles. The van der Waals surface area contributed by atoms with E-state index in [1.165, 1.54) is 12.1 Å². The summed E-state index contributed by atoms with van der Waals surface area (Å²) in [6, 6.07) is 13.8. The molecule has 0 radical (unpaired) electrons. The first-order valence-corrected chi connectivity index (χ1v) is 9.16. The van der Waals surface area contributed by atoms with Crippen molar-refractivity contribution in [3.8, 4) is 5.75 Å². The van der Waals surface area contributed by atoms with E-state index in [2.05, 4.69) is 22.8 Å². The number of rotatable bonds is 5. The van der Waals surface area contributed by atoms with Crippen LogP contribution < -0.4 is 9.64 Å². The molecule has 0 aliphatic carbocycles. The van der Waals surface area contributed by atoms with Gasteiger partial charge in [-0.1, -0.05) is 30.3 Å². The van der Waals surface area contributed by atoms with Crippen LogP contribution in [0, 0.1) is 0 Å². The molecule has 0 unspecified atom stereocenters. The second-order valence-corrected chi connectivity index (χ2v) is 6.95. The summed E-state index contributed by atoms with van der Waals surface area (Å²) in [7, 11) is 1.67. The molecule has 2 aromatic carbocycles. The summed E-state index contributed by atoms with van der Waals surface area (Å²) >= 11 is 0. The van der Waals surface area contributed by atoms with Crippen LogP contribution in [0.5, 0.6) is 5.75 Å². The summed E-state index contributed by atoms with van der Waals surface area (Å²) < 4.78 is 44.1. The largest absolute Gasteiger partial charge is 0.495 e. The Morgan fingerprint density at radius 3 is 2.37 bits per heavy atom. The minimum absolute atomic E-state index is 0.188. The van der Waals surface area contributed by atoms with Crippen molar-refractivity contribution < 1.29 is 17.9 Å². The van der Waals surface area contributed by atoms with Crippen LogP contribution in [0.1, 0.15) is 18.1 Å². The lowest BCUT2D eigenvalue weighted by Crippen LogP contribution is -2.50. The van der Waals surface area contributed by atoms with Crippen LogP contribution in [0.4, 0.5) is 18.9 Å². The first kappa shape index (κ1) is 19.5. The van der Waals surface area contributed by atoms with Crippen LogP contribution in [-0.4, -0.2) is 44.2 Å². The topological polar surface area (TPSA) is 15.7 Å². The maximum absolute atomic E-state index is 12.9. The number of methoxy groups -OCH3 is 1. The number of alkyl halides is 3. The summed E-state index contributed by atoms with van der Waals surface area (Å²) in [5.74, 6) is 0.864. The molecule has 1 heterocycles. The van der Waals surface area contributed by atoms with Gasteiger partial charge in [-0.25, -0.2) is 0 Å². The first-order valence-electron chi connectivity index (χ1n) is 9.16. The fourth-order valence-electron chi connectivity index (χ4n) is 3.64. The number of nitrogens with zero attached hydrogens (tertiary/aromatic N) is 2. The average molecular weight is 378 g/mol. The lowest BCUT2D eigenvalue weighted by atomic mass is 10.0. The van der Waals surface area contributed by atoms with Crippen LogP contribution in [0.3, 0.4) is 0 Å². The number of anilines is 1. The Morgan fingerprint density at radius 2 is 1.70 bits per heavy atom. The molecule has 27 heavy (non-hydrogen) atoms. The molecular weight excluding hydrogens is 353 g/mol. The smallest absolute Gasteiger partial charge is 0.416 e. The second-order valence-electron chi connectivity index (χ2n) is 6.95. The molecule has 1 aliphatic heterocycles. The minimum Gasteiger partial charge on any atom is -0.495 e. The lowest BCUT2D eigenvalue weighted by Gasteiger charge is -2.39. The normalized spacial score (nSPS) is 17.0. The van der Waals surface area contributed by atoms with E-state index in [0.717, 1.165) is 49.2 Å². The molecule has 0 aromatic heterocycles. The van der Waals surface area contributed by atoms with E-state index in [4.69, 9.17) is 4.74 Å². The minimum atomic E-state index is -4.29. The number of ether oxygens (including phenoxy) is 1. The van der Waals surface area contributed by atoms with E-state index in [-0.39, 0.29) is 6.04 Å².